The number of amides is 1. The molecule has 10 nitrogen and oxygen atoms in total. The fraction of sp³-hybridized carbons (Fsp3) is 0.227. The number of pyridine rings is 2. The minimum absolute atomic E-state index is 0.121. The molecule has 1 saturated heterocycles. The molecule has 1 unspecified atom stereocenters. The van der Waals surface area contributed by atoms with Gasteiger partial charge in [0.15, 0.2) is 0 Å². The lowest BCUT2D eigenvalue weighted by molar-refractivity contribution is -0.110. The standard InChI is InChI=1S/C22H19N7O3/c23-8-13-4-5-28(11-13)21(30)18-3-1-2-17(26-18)15-6-14-7-19(27-20(14)24-9-15)16-10-25-29(12-16)22(31)32/h1-3,6-7,9-10,12-13,22,31-32H,4-5,11H2,(H,24,27). The summed E-state index contributed by atoms with van der Waals surface area (Å²) in [5.74, 6) is -0.296. The van der Waals surface area contributed by atoms with Crippen molar-refractivity contribution in [1.82, 2.24) is 29.6 Å². The van der Waals surface area contributed by atoms with Crippen molar-refractivity contribution in [2.45, 2.75) is 12.8 Å². The highest BCUT2D eigenvalue weighted by Crippen LogP contribution is 2.27. The molecular weight excluding hydrogens is 410 g/mol. The molecule has 1 atom stereocenters. The van der Waals surface area contributed by atoms with Gasteiger partial charge in [0.2, 0.25) is 0 Å². The van der Waals surface area contributed by atoms with Crippen LogP contribution >= 0.6 is 0 Å². The van der Waals surface area contributed by atoms with E-state index in [1.165, 1.54) is 12.4 Å². The summed E-state index contributed by atoms with van der Waals surface area (Å²) < 4.78 is 1.03. The molecule has 4 aromatic heterocycles. The highest BCUT2D eigenvalue weighted by Gasteiger charge is 2.27. The van der Waals surface area contributed by atoms with E-state index >= 15 is 0 Å². The molecule has 1 amide bonds. The van der Waals surface area contributed by atoms with Crippen LogP contribution in [0.25, 0.3) is 33.5 Å². The summed E-state index contributed by atoms with van der Waals surface area (Å²) in [6, 6.07) is 11.3. The van der Waals surface area contributed by atoms with Gasteiger partial charge in [0.05, 0.1) is 29.6 Å². The van der Waals surface area contributed by atoms with E-state index in [-0.39, 0.29) is 11.8 Å². The number of aliphatic hydroxyl groups is 2. The second kappa shape index (κ2) is 7.88. The van der Waals surface area contributed by atoms with Gasteiger partial charge in [-0.3, -0.25) is 4.79 Å². The maximum absolute atomic E-state index is 12.8. The number of aromatic amines is 1. The maximum Gasteiger partial charge on any atom is 0.272 e. The van der Waals surface area contributed by atoms with Crippen molar-refractivity contribution >= 4 is 16.9 Å². The molecule has 0 spiro atoms. The highest BCUT2D eigenvalue weighted by molar-refractivity contribution is 5.93. The van der Waals surface area contributed by atoms with Crippen molar-refractivity contribution in [2.75, 3.05) is 13.1 Å². The summed E-state index contributed by atoms with van der Waals surface area (Å²) in [6.45, 7) is 0.997. The number of nitrogens with one attached hydrogen (secondary N) is 1. The van der Waals surface area contributed by atoms with E-state index in [4.69, 9.17) is 5.26 Å². The zero-order chi connectivity index (χ0) is 22.2. The molecule has 32 heavy (non-hydrogen) atoms. The van der Waals surface area contributed by atoms with E-state index in [0.717, 1.165) is 21.3 Å². The highest BCUT2D eigenvalue weighted by atomic mass is 16.5. The number of nitriles is 1. The molecule has 1 aliphatic rings. The summed E-state index contributed by atoms with van der Waals surface area (Å²) >= 11 is 0. The average molecular weight is 429 g/mol. The summed E-state index contributed by atoms with van der Waals surface area (Å²) in [4.78, 5) is 26.7. The lowest BCUT2D eigenvalue weighted by atomic mass is 10.1. The Morgan fingerprint density at radius 2 is 2.12 bits per heavy atom. The van der Waals surface area contributed by atoms with E-state index in [1.54, 1.807) is 23.2 Å². The fourth-order valence-corrected chi connectivity index (χ4v) is 3.84. The van der Waals surface area contributed by atoms with Crippen molar-refractivity contribution < 1.29 is 15.0 Å². The zero-order valence-corrected chi connectivity index (χ0v) is 16.9. The van der Waals surface area contributed by atoms with Gasteiger partial charge in [-0.05, 0) is 30.7 Å². The third-order valence-electron chi connectivity index (χ3n) is 5.54. The van der Waals surface area contributed by atoms with Crippen LogP contribution in [-0.4, -0.2) is 58.8 Å². The van der Waals surface area contributed by atoms with Crippen LogP contribution in [-0.2, 0) is 0 Å². The summed E-state index contributed by atoms with van der Waals surface area (Å²) in [5, 5.41) is 32.3. The van der Waals surface area contributed by atoms with Gasteiger partial charge in [0.1, 0.15) is 11.3 Å². The Balaban J connectivity index is 1.43. The molecule has 5 rings (SSSR count). The third-order valence-corrected chi connectivity index (χ3v) is 5.54. The molecule has 10 heteroatoms. The third kappa shape index (κ3) is 3.60. The molecule has 0 bridgehead atoms. The van der Waals surface area contributed by atoms with Gasteiger partial charge in [0, 0.05) is 42.0 Å². The van der Waals surface area contributed by atoms with Crippen molar-refractivity contribution in [1.29, 1.82) is 5.26 Å². The number of hydrogen-bond acceptors (Lipinski definition) is 7. The molecule has 0 aliphatic carbocycles. The molecule has 4 aromatic rings. The monoisotopic (exact) mass is 429 g/mol. The van der Waals surface area contributed by atoms with Gasteiger partial charge in [-0.1, -0.05) is 6.07 Å². The lowest BCUT2D eigenvalue weighted by Gasteiger charge is -2.15. The van der Waals surface area contributed by atoms with Crippen molar-refractivity contribution in [3.05, 3.63) is 54.6 Å². The number of hydrogen-bond donors (Lipinski definition) is 3. The molecule has 0 saturated carbocycles. The Morgan fingerprint density at radius 1 is 1.25 bits per heavy atom. The van der Waals surface area contributed by atoms with Gasteiger partial charge in [-0.25, -0.2) is 14.6 Å². The predicted molar refractivity (Wildman–Crippen MR) is 114 cm³/mol. The summed E-state index contributed by atoms with van der Waals surface area (Å²) in [5.41, 5.74) is 3.80. The Labute approximate surface area is 182 Å². The molecule has 0 radical (unpaired) electrons. The van der Waals surface area contributed by atoms with Crippen LogP contribution in [0, 0.1) is 17.2 Å². The number of H-pyrrole nitrogens is 1. The molecule has 160 valence electrons. The second-order valence-electron chi connectivity index (χ2n) is 7.67. The van der Waals surface area contributed by atoms with Crippen molar-refractivity contribution in [3.8, 4) is 28.6 Å². The topological polar surface area (TPSA) is 144 Å². The number of fused-ring (bicyclic) bond motifs is 1. The van der Waals surface area contributed by atoms with Crippen LogP contribution < -0.4 is 0 Å². The minimum atomic E-state index is -1.70. The van der Waals surface area contributed by atoms with Gasteiger partial charge < -0.3 is 20.1 Å². The predicted octanol–water partition coefficient (Wildman–Crippen LogP) is 1.91. The Bertz CT molecular complexity index is 1350. The lowest BCUT2D eigenvalue weighted by Crippen LogP contribution is -2.29. The van der Waals surface area contributed by atoms with Crippen LogP contribution in [0.1, 0.15) is 23.3 Å². The number of carbonyl (C=O) groups excluding carboxylic acids is 1. The first-order chi connectivity index (χ1) is 15.5. The van der Waals surface area contributed by atoms with Crippen molar-refractivity contribution in [3.63, 3.8) is 0 Å². The maximum atomic E-state index is 12.8. The summed E-state index contributed by atoms with van der Waals surface area (Å²) in [6.07, 6.45) is 3.71. The number of nitrogens with zero attached hydrogens (tertiary/aromatic N) is 6. The normalized spacial score (nSPS) is 16.1. The molecule has 3 N–H and O–H groups in total. The number of aromatic nitrogens is 5. The van der Waals surface area contributed by atoms with Gasteiger partial charge >= 0.3 is 0 Å². The number of rotatable bonds is 4. The fourth-order valence-electron chi connectivity index (χ4n) is 3.84. The minimum Gasteiger partial charge on any atom is -0.350 e. The number of aliphatic hydroxyl groups excluding tert-OH is 1. The first kappa shape index (κ1) is 19.9. The number of carbonyl (C=O) groups is 1. The van der Waals surface area contributed by atoms with Crippen LogP contribution in [0.2, 0.25) is 0 Å². The van der Waals surface area contributed by atoms with E-state index in [9.17, 15) is 15.0 Å². The Kier molecular flexibility index (Phi) is 4.89. The van der Waals surface area contributed by atoms with Gasteiger partial charge in [0.25, 0.3) is 12.3 Å². The molecule has 0 aromatic carbocycles. The number of likely N-dealkylation sites (tertiary alicyclic amines) is 1. The van der Waals surface area contributed by atoms with Crippen molar-refractivity contribution in [2.24, 2.45) is 5.92 Å². The second-order valence-corrected chi connectivity index (χ2v) is 7.67. The first-order valence-electron chi connectivity index (χ1n) is 10.1. The van der Waals surface area contributed by atoms with Gasteiger partial charge in [-0.2, -0.15) is 10.4 Å². The first-order valence-corrected chi connectivity index (χ1v) is 10.1. The van der Waals surface area contributed by atoms with E-state index in [1.807, 2.05) is 18.2 Å². The summed E-state index contributed by atoms with van der Waals surface area (Å²) in [7, 11) is 0. The van der Waals surface area contributed by atoms with Gasteiger partial charge in [-0.15, -0.1) is 0 Å². The molecule has 5 heterocycles. The van der Waals surface area contributed by atoms with Crippen LogP contribution in [0.4, 0.5) is 0 Å². The average Bonchev–Trinajstić information content (AvgIpc) is 3.57. The molecular formula is C22H19N7O3. The van der Waals surface area contributed by atoms with Crippen LogP contribution in [0.5, 0.6) is 0 Å². The van der Waals surface area contributed by atoms with E-state index < -0.39 is 6.41 Å². The quantitative estimate of drug-likeness (QED) is 0.420. The Hall–Kier alpha value is -4.07. The largest absolute Gasteiger partial charge is 0.350 e. The smallest absolute Gasteiger partial charge is 0.272 e. The molecule has 1 fully saturated rings. The van der Waals surface area contributed by atoms with E-state index in [2.05, 4.69) is 26.1 Å². The van der Waals surface area contributed by atoms with Crippen LogP contribution in [0.3, 0.4) is 0 Å². The van der Waals surface area contributed by atoms with Crippen LogP contribution in [0.15, 0.2) is 48.9 Å². The SMILES string of the molecule is N#CC1CCN(C(=O)c2cccc(-c3cnc4[nH]c(-c5cnn(C(O)O)c5)cc4c3)n2)C1. The van der Waals surface area contributed by atoms with E-state index in [0.29, 0.717) is 42.1 Å². The molecule has 1 aliphatic heterocycles. The Morgan fingerprint density at radius 3 is 2.88 bits per heavy atom. The zero-order valence-electron chi connectivity index (χ0n) is 16.9.